The van der Waals surface area contributed by atoms with E-state index in [1.807, 2.05) is 0 Å². The lowest BCUT2D eigenvalue weighted by Crippen LogP contribution is -2.58. The normalized spacial score (nSPS) is 24.6. The standard InChI is InChI=1S/C15H25N3/c1-12-7-5-6-8-15(12)18-11-14(10-17(3)4)16-9-13(18)2/h5-8,13-14,16H,9-11H2,1-4H3. The monoisotopic (exact) mass is 247 g/mol. The van der Waals surface area contributed by atoms with E-state index in [-0.39, 0.29) is 0 Å². The van der Waals surface area contributed by atoms with Crippen molar-refractivity contribution in [1.29, 1.82) is 0 Å². The van der Waals surface area contributed by atoms with E-state index >= 15 is 0 Å². The first kappa shape index (κ1) is 13.4. The molecule has 3 nitrogen and oxygen atoms in total. The number of hydrogen-bond acceptors (Lipinski definition) is 3. The van der Waals surface area contributed by atoms with Crippen molar-refractivity contribution in [2.75, 3.05) is 38.6 Å². The third-order valence-corrected chi connectivity index (χ3v) is 3.66. The number of nitrogens with zero attached hydrogens (tertiary/aromatic N) is 2. The highest BCUT2D eigenvalue weighted by molar-refractivity contribution is 5.54. The van der Waals surface area contributed by atoms with Crippen LogP contribution in [-0.4, -0.2) is 50.7 Å². The van der Waals surface area contributed by atoms with Crippen LogP contribution in [0.2, 0.25) is 0 Å². The van der Waals surface area contributed by atoms with Crippen molar-refractivity contribution in [2.45, 2.75) is 25.9 Å². The van der Waals surface area contributed by atoms with E-state index in [1.54, 1.807) is 0 Å². The molecule has 0 aliphatic carbocycles. The highest BCUT2D eigenvalue weighted by Crippen LogP contribution is 2.23. The molecule has 1 saturated heterocycles. The molecule has 2 unspecified atom stereocenters. The number of piperazine rings is 1. The molecular weight excluding hydrogens is 222 g/mol. The van der Waals surface area contributed by atoms with Crippen molar-refractivity contribution in [2.24, 2.45) is 0 Å². The maximum Gasteiger partial charge on any atom is 0.0399 e. The molecule has 0 bridgehead atoms. The van der Waals surface area contributed by atoms with E-state index < -0.39 is 0 Å². The Morgan fingerprint density at radius 1 is 1.33 bits per heavy atom. The van der Waals surface area contributed by atoms with Gasteiger partial charge in [-0.15, -0.1) is 0 Å². The maximum absolute atomic E-state index is 3.64. The topological polar surface area (TPSA) is 18.5 Å². The van der Waals surface area contributed by atoms with Crippen molar-refractivity contribution < 1.29 is 0 Å². The summed E-state index contributed by atoms with van der Waals surface area (Å²) in [7, 11) is 4.27. The molecule has 0 radical (unpaired) electrons. The van der Waals surface area contributed by atoms with Gasteiger partial charge in [-0.2, -0.15) is 0 Å². The van der Waals surface area contributed by atoms with Crippen molar-refractivity contribution in [3.8, 4) is 0 Å². The number of nitrogens with one attached hydrogen (secondary N) is 1. The van der Waals surface area contributed by atoms with Gasteiger partial charge in [0, 0.05) is 37.4 Å². The Morgan fingerprint density at radius 3 is 2.72 bits per heavy atom. The van der Waals surface area contributed by atoms with Crippen LogP contribution in [0.25, 0.3) is 0 Å². The maximum atomic E-state index is 3.64. The van der Waals surface area contributed by atoms with Crippen LogP contribution in [-0.2, 0) is 0 Å². The number of para-hydroxylation sites is 1. The molecule has 1 aliphatic rings. The molecule has 1 aromatic rings. The summed E-state index contributed by atoms with van der Waals surface area (Å²) in [5, 5.41) is 3.64. The van der Waals surface area contributed by atoms with Gasteiger partial charge in [-0.25, -0.2) is 0 Å². The highest BCUT2D eigenvalue weighted by atomic mass is 15.2. The van der Waals surface area contributed by atoms with Crippen molar-refractivity contribution in [1.82, 2.24) is 10.2 Å². The van der Waals surface area contributed by atoms with Gasteiger partial charge in [0.2, 0.25) is 0 Å². The molecule has 2 atom stereocenters. The van der Waals surface area contributed by atoms with Crippen molar-refractivity contribution in [3.63, 3.8) is 0 Å². The third kappa shape index (κ3) is 3.03. The minimum absolute atomic E-state index is 0.552. The predicted molar refractivity (Wildman–Crippen MR) is 78.3 cm³/mol. The van der Waals surface area contributed by atoms with Gasteiger partial charge in [0.05, 0.1) is 0 Å². The minimum atomic E-state index is 0.552. The van der Waals surface area contributed by atoms with Gasteiger partial charge in [0.1, 0.15) is 0 Å². The van der Waals surface area contributed by atoms with E-state index in [0.717, 1.165) is 19.6 Å². The van der Waals surface area contributed by atoms with Crippen LogP contribution >= 0.6 is 0 Å². The molecule has 1 aliphatic heterocycles. The number of likely N-dealkylation sites (N-methyl/N-ethyl adjacent to an activating group) is 1. The molecule has 1 fully saturated rings. The fraction of sp³-hybridized carbons (Fsp3) is 0.600. The first-order valence-corrected chi connectivity index (χ1v) is 6.78. The van der Waals surface area contributed by atoms with Crippen LogP contribution in [0.1, 0.15) is 12.5 Å². The quantitative estimate of drug-likeness (QED) is 0.877. The Bertz CT molecular complexity index is 389. The SMILES string of the molecule is Cc1ccccc1N1CC(CN(C)C)NCC1C. The summed E-state index contributed by atoms with van der Waals surface area (Å²) in [6, 6.07) is 9.80. The fourth-order valence-corrected chi connectivity index (χ4v) is 2.71. The van der Waals surface area contributed by atoms with Crippen LogP contribution in [0, 0.1) is 6.92 Å². The Labute approximate surface area is 111 Å². The van der Waals surface area contributed by atoms with E-state index in [2.05, 4.69) is 67.3 Å². The Morgan fingerprint density at radius 2 is 2.06 bits per heavy atom. The molecule has 0 amide bonds. The van der Waals surface area contributed by atoms with Gasteiger partial charge in [0.15, 0.2) is 0 Å². The fourth-order valence-electron chi connectivity index (χ4n) is 2.71. The molecule has 0 spiro atoms. The third-order valence-electron chi connectivity index (χ3n) is 3.66. The zero-order valence-corrected chi connectivity index (χ0v) is 12.0. The first-order valence-electron chi connectivity index (χ1n) is 6.78. The number of rotatable bonds is 3. The van der Waals surface area contributed by atoms with Crippen molar-refractivity contribution in [3.05, 3.63) is 29.8 Å². The Balaban J connectivity index is 2.13. The molecule has 2 rings (SSSR count). The Kier molecular flexibility index (Phi) is 4.25. The summed E-state index contributed by atoms with van der Waals surface area (Å²) in [4.78, 5) is 4.80. The van der Waals surface area contributed by atoms with Gasteiger partial charge in [0.25, 0.3) is 0 Å². The second-order valence-electron chi connectivity index (χ2n) is 5.66. The van der Waals surface area contributed by atoms with Crippen LogP contribution in [0.5, 0.6) is 0 Å². The molecule has 1 N–H and O–H groups in total. The molecular formula is C15H25N3. The van der Waals surface area contributed by atoms with Crippen LogP contribution < -0.4 is 10.2 Å². The molecule has 18 heavy (non-hydrogen) atoms. The zero-order chi connectivity index (χ0) is 13.1. The second-order valence-corrected chi connectivity index (χ2v) is 5.66. The first-order chi connectivity index (χ1) is 8.58. The van der Waals surface area contributed by atoms with Crippen LogP contribution in [0.4, 0.5) is 5.69 Å². The minimum Gasteiger partial charge on any atom is -0.366 e. The molecule has 1 aromatic carbocycles. The average molecular weight is 247 g/mol. The summed E-state index contributed by atoms with van der Waals surface area (Å²) in [5.41, 5.74) is 2.75. The van der Waals surface area contributed by atoms with E-state index in [4.69, 9.17) is 0 Å². The summed E-state index contributed by atoms with van der Waals surface area (Å²) >= 11 is 0. The van der Waals surface area contributed by atoms with Gasteiger partial charge < -0.3 is 15.1 Å². The van der Waals surface area contributed by atoms with E-state index in [0.29, 0.717) is 12.1 Å². The summed E-state index contributed by atoms with van der Waals surface area (Å²) in [5.74, 6) is 0. The summed E-state index contributed by atoms with van der Waals surface area (Å²) in [6.45, 7) is 7.74. The van der Waals surface area contributed by atoms with Gasteiger partial charge in [-0.1, -0.05) is 18.2 Å². The van der Waals surface area contributed by atoms with Crippen LogP contribution in [0.3, 0.4) is 0 Å². The molecule has 1 heterocycles. The average Bonchev–Trinajstić information content (AvgIpc) is 2.32. The van der Waals surface area contributed by atoms with Crippen LogP contribution in [0.15, 0.2) is 24.3 Å². The molecule has 3 heteroatoms. The zero-order valence-electron chi connectivity index (χ0n) is 12.0. The van der Waals surface area contributed by atoms with Gasteiger partial charge >= 0.3 is 0 Å². The number of benzene rings is 1. The number of anilines is 1. The smallest absolute Gasteiger partial charge is 0.0399 e. The lowest BCUT2D eigenvalue weighted by Gasteiger charge is -2.41. The lowest BCUT2D eigenvalue weighted by atomic mass is 10.1. The summed E-state index contributed by atoms with van der Waals surface area (Å²) < 4.78 is 0. The van der Waals surface area contributed by atoms with E-state index in [1.165, 1.54) is 11.3 Å². The second kappa shape index (κ2) is 5.72. The summed E-state index contributed by atoms with van der Waals surface area (Å²) in [6.07, 6.45) is 0. The molecule has 0 aromatic heterocycles. The number of hydrogen-bond donors (Lipinski definition) is 1. The van der Waals surface area contributed by atoms with Gasteiger partial charge in [-0.05, 0) is 39.6 Å². The molecule has 100 valence electrons. The lowest BCUT2D eigenvalue weighted by molar-refractivity contribution is 0.306. The van der Waals surface area contributed by atoms with E-state index in [9.17, 15) is 0 Å². The predicted octanol–water partition coefficient (Wildman–Crippen LogP) is 1.72. The highest BCUT2D eigenvalue weighted by Gasteiger charge is 2.25. The van der Waals surface area contributed by atoms with Gasteiger partial charge in [-0.3, -0.25) is 0 Å². The number of aryl methyl sites for hydroxylation is 1. The van der Waals surface area contributed by atoms with Crippen molar-refractivity contribution >= 4 is 5.69 Å². The molecule has 0 saturated carbocycles. The Hall–Kier alpha value is -1.06. The largest absolute Gasteiger partial charge is 0.366 e.